The van der Waals surface area contributed by atoms with Gasteiger partial charge in [0.1, 0.15) is 0 Å². The fraction of sp³-hybridized carbons (Fsp3) is 0.500. The maximum atomic E-state index is 12.9. The van der Waals surface area contributed by atoms with Gasteiger partial charge < -0.3 is 4.74 Å². The van der Waals surface area contributed by atoms with Crippen LogP contribution in [0, 0.1) is 0 Å². The van der Waals surface area contributed by atoms with Crippen LogP contribution in [-0.4, -0.2) is 41.9 Å². The number of nitrogens with zero attached hydrogens (tertiary/aromatic N) is 2. The Morgan fingerprint density at radius 1 is 1.25 bits per heavy atom. The molecule has 3 rings (SSSR count). The second kappa shape index (κ2) is 6.69. The molecule has 0 aliphatic carbocycles. The number of benzene rings is 1. The van der Waals surface area contributed by atoms with Gasteiger partial charge in [0, 0.05) is 31.2 Å². The molecule has 1 atom stereocenters. The normalized spacial score (nSPS) is 20.0. The number of ether oxygens (including phenoxy) is 1. The first-order valence-electron chi connectivity index (χ1n) is 8.13. The van der Waals surface area contributed by atoms with E-state index < -0.39 is 12.3 Å². The lowest BCUT2D eigenvalue weighted by Gasteiger charge is -2.34. The molecule has 0 amide bonds. The fourth-order valence-corrected chi connectivity index (χ4v) is 3.18. The van der Waals surface area contributed by atoms with Crippen LogP contribution in [0.5, 0.6) is 0 Å². The molecule has 6 heteroatoms. The topological polar surface area (TPSA) is 25.4 Å². The van der Waals surface area contributed by atoms with Crippen LogP contribution in [0.4, 0.5) is 13.2 Å². The van der Waals surface area contributed by atoms with Crippen LogP contribution in [0.3, 0.4) is 0 Å². The number of hydrogen-bond acceptors (Lipinski definition) is 3. The van der Waals surface area contributed by atoms with Crippen LogP contribution in [-0.2, 0) is 11.3 Å². The molecule has 24 heavy (non-hydrogen) atoms. The minimum atomic E-state index is -4.31. The van der Waals surface area contributed by atoms with Crippen molar-refractivity contribution in [2.75, 3.05) is 19.7 Å². The summed E-state index contributed by atoms with van der Waals surface area (Å²) < 4.78 is 43.5. The summed E-state index contributed by atoms with van der Waals surface area (Å²) in [6.45, 7) is 5.14. The molecule has 0 spiro atoms. The minimum Gasteiger partial charge on any atom is -0.366 e. The van der Waals surface area contributed by atoms with Crippen LogP contribution in [0.15, 0.2) is 30.5 Å². The molecule has 0 radical (unpaired) electrons. The Labute approximate surface area is 139 Å². The third-order valence-corrected chi connectivity index (χ3v) is 4.38. The molecule has 1 aliphatic heterocycles. The number of halogens is 3. The number of rotatable bonds is 3. The zero-order valence-corrected chi connectivity index (χ0v) is 13.8. The van der Waals surface area contributed by atoms with Crippen molar-refractivity contribution in [2.24, 2.45) is 0 Å². The molecule has 0 saturated carbocycles. The van der Waals surface area contributed by atoms with Gasteiger partial charge in [-0.1, -0.05) is 32.0 Å². The van der Waals surface area contributed by atoms with Gasteiger partial charge in [-0.3, -0.25) is 9.88 Å². The Morgan fingerprint density at radius 2 is 2.04 bits per heavy atom. The summed E-state index contributed by atoms with van der Waals surface area (Å²) in [5.41, 5.74) is 2.05. The van der Waals surface area contributed by atoms with Crippen LogP contribution in [0.25, 0.3) is 10.8 Å². The lowest BCUT2D eigenvalue weighted by Crippen LogP contribution is -2.48. The van der Waals surface area contributed by atoms with Crippen LogP contribution < -0.4 is 0 Å². The van der Waals surface area contributed by atoms with Crippen LogP contribution >= 0.6 is 0 Å². The highest BCUT2D eigenvalue weighted by molar-refractivity contribution is 5.87. The molecule has 1 aromatic heterocycles. The van der Waals surface area contributed by atoms with Gasteiger partial charge in [0.25, 0.3) is 0 Å². The number of hydrogen-bond donors (Lipinski definition) is 0. The van der Waals surface area contributed by atoms with Crippen molar-refractivity contribution in [3.8, 4) is 0 Å². The van der Waals surface area contributed by atoms with Gasteiger partial charge in [-0.25, -0.2) is 0 Å². The zero-order chi connectivity index (χ0) is 17.3. The van der Waals surface area contributed by atoms with E-state index in [1.54, 1.807) is 6.20 Å². The van der Waals surface area contributed by atoms with E-state index in [1.165, 1.54) is 0 Å². The van der Waals surface area contributed by atoms with Gasteiger partial charge in [0.2, 0.25) is 0 Å². The van der Waals surface area contributed by atoms with Crippen molar-refractivity contribution in [3.63, 3.8) is 0 Å². The van der Waals surface area contributed by atoms with E-state index in [0.717, 1.165) is 22.0 Å². The number of morpholine rings is 1. The SMILES string of the molecule is CC(C)c1nccc2c(CN3CCOC(C(F)(F)F)C3)cccc12. The van der Waals surface area contributed by atoms with Crippen LogP contribution in [0.2, 0.25) is 0 Å². The average molecular weight is 338 g/mol. The smallest absolute Gasteiger partial charge is 0.366 e. The summed E-state index contributed by atoms with van der Waals surface area (Å²) >= 11 is 0. The van der Waals surface area contributed by atoms with Gasteiger partial charge in [-0.15, -0.1) is 0 Å². The number of alkyl halides is 3. The molecule has 1 aliphatic rings. The second-order valence-electron chi connectivity index (χ2n) is 6.50. The summed E-state index contributed by atoms with van der Waals surface area (Å²) in [5.74, 6) is 0.293. The van der Waals surface area contributed by atoms with Gasteiger partial charge in [-0.2, -0.15) is 13.2 Å². The molecule has 2 aromatic rings. The lowest BCUT2D eigenvalue weighted by molar-refractivity contribution is -0.237. The van der Waals surface area contributed by atoms with E-state index in [-0.39, 0.29) is 13.2 Å². The molecule has 3 nitrogen and oxygen atoms in total. The second-order valence-corrected chi connectivity index (χ2v) is 6.50. The van der Waals surface area contributed by atoms with E-state index in [9.17, 15) is 13.2 Å². The molecule has 1 saturated heterocycles. The average Bonchev–Trinajstić information content (AvgIpc) is 2.54. The molecular formula is C18H21F3N2O. The molecule has 0 N–H and O–H groups in total. The van der Waals surface area contributed by atoms with E-state index in [2.05, 4.69) is 18.8 Å². The maximum Gasteiger partial charge on any atom is 0.415 e. The Bertz CT molecular complexity index is 715. The summed E-state index contributed by atoms with van der Waals surface area (Å²) in [6, 6.07) is 7.90. The third-order valence-electron chi connectivity index (χ3n) is 4.38. The summed E-state index contributed by atoms with van der Waals surface area (Å²) in [5, 5.41) is 2.14. The van der Waals surface area contributed by atoms with Crippen molar-refractivity contribution >= 4 is 10.8 Å². The van der Waals surface area contributed by atoms with Crippen molar-refractivity contribution in [3.05, 3.63) is 41.7 Å². The minimum absolute atomic E-state index is 0.105. The Hall–Kier alpha value is -1.66. The zero-order valence-electron chi connectivity index (χ0n) is 13.8. The third kappa shape index (κ3) is 3.54. The summed E-state index contributed by atoms with van der Waals surface area (Å²) in [4.78, 5) is 6.27. The Morgan fingerprint density at radius 3 is 2.75 bits per heavy atom. The molecule has 0 bridgehead atoms. The van der Waals surface area contributed by atoms with Crippen molar-refractivity contribution in [1.29, 1.82) is 0 Å². The maximum absolute atomic E-state index is 12.9. The quantitative estimate of drug-likeness (QED) is 0.842. The number of aromatic nitrogens is 1. The van der Waals surface area contributed by atoms with Gasteiger partial charge in [0.05, 0.1) is 12.3 Å². The molecule has 130 valence electrons. The number of pyridine rings is 1. The lowest BCUT2D eigenvalue weighted by atomic mass is 9.98. The fourth-order valence-electron chi connectivity index (χ4n) is 3.18. The first-order chi connectivity index (χ1) is 11.4. The molecule has 1 fully saturated rings. The highest BCUT2D eigenvalue weighted by atomic mass is 19.4. The van der Waals surface area contributed by atoms with E-state index in [0.29, 0.717) is 19.0 Å². The first kappa shape index (κ1) is 17.2. The van der Waals surface area contributed by atoms with Gasteiger partial charge >= 0.3 is 6.18 Å². The van der Waals surface area contributed by atoms with Crippen molar-refractivity contribution in [2.45, 2.75) is 38.6 Å². The Kier molecular flexibility index (Phi) is 4.78. The molecule has 2 heterocycles. The predicted octanol–water partition coefficient (Wildman–Crippen LogP) is 4.12. The highest BCUT2D eigenvalue weighted by Crippen LogP contribution is 2.29. The van der Waals surface area contributed by atoms with Gasteiger partial charge in [0.15, 0.2) is 6.10 Å². The van der Waals surface area contributed by atoms with Gasteiger partial charge in [-0.05, 0) is 22.9 Å². The standard InChI is InChI=1S/C18H21F3N2O/c1-12(2)17-15-5-3-4-13(14(15)6-7-22-17)10-23-8-9-24-16(11-23)18(19,20)21/h3-7,12,16H,8-11H2,1-2H3. The predicted molar refractivity (Wildman–Crippen MR) is 86.9 cm³/mol. The van der Waals surface area contributed by atoms with Crippen molar-refractivity contribution in [1.82, 2.24) is 9.88 Å². The Balaban J connectivity index is 1.87. The first-order valence-corrected chi connectivity index (χ1v) is 8.13. The van der Waals surface area contributed by atoms with E-state index >= 15 is 0 Å². The summed E-state index contributed by atoms with van der Waals surface area (Å²) in [7, 11) is 0. The number of fused-ring (bicyclic) bond motifs is 1. The van der Waals surface area contributed by atoms with E-state index in [1.807, 2.05) is 29.2 Å². The largest absolute Gasteiger partial charge is 0.415 e. The summed E-state index contributed by atoms with van der Waals surface area (Å²) in [6.07, 6.45) is -4.24. The molecule has 1 unspecified atom stereocenters. The highest BCUT2D eigenvalue weighted by Gasteiger charge is 2.43. The monoisotopic (exact) mass is 338 g/mol. The molecule has 1 aromatic carbocycles. The van der Waals surface area contributed by atoms with Crippen LogP contribution in [0.1, 0.15) is 31.0 Å². The van der Waals surface area contributed by atoms with Crippen molar-refractivity contribution < 1.29 is 17.9 Å². The van der Waals surface area contributed by atoms with E-state index in [4.69, 9.17) is 4.74 Å². The molecular weight excluding hydrogens is 317 g/mol.